The van der Waals surface area contributed by atoms with Gasteiger partial charge in [0.25, 0.3) is 0 Å². The van der Waals surface area contributed by atoms with Crippen LogP contribution in [0.2, 0.25) is 5.15 Å². The first-order valence-corrected chi connectivity index (χ1v) is 9.76. The second kappa shape index (κ2) is 7.96. The van der Waals surface area contributed by atoms with Gasteiger partial charge in [-0.2, -0.15) is 13.2 Å². The van der Waals surface area contributed by atoms with E-state index in [1.807, 2.05) is 17.5 Å². The summed E-state index contributed by atoms with van der Waals surface area (Å²) in [5.74, 6) is 0.148. The topological polar surface area (TPSA) is 84.3 Å². The van der Waals surface area contributed by atoms with Crippen molar-refractivity contribution in [2.45, 2.75) is 31.3 Å². The normalized spacial score (nSPS) is 14.5. The molecule has 0 unspecified atom stereocenters. The fourth-order valence-corrected chi connectivity index (χ4v) is 3.83. The molecule has 0 fully saturated rings. The molecule has 0 aromatic carbocycles. The number of rotatable bonds is 6. The molecule has 0 aliphatic rings. The standard InChI is InChI=1S/C16H14BrClF3N3O2S/c17-12-10(4-8(22)15(25)16(19,20)21)26-14-9(5-11(18)24-13(12)14)23-6-7-2-1-3-27-7/h1-3,5,8,15,25H,4,6,22H2,(H,23,24)/t8-,15+/m1/s1. The van der Waals surface area contributed by atoms with Crippen LogP contribution in [-0.4, -0.2) is 28.4 Å². The SMILES string of the molecule is N[C@H](Cc1oc2c(NCc3cccs3)cc(Cl)nc2c1Br)[C@H](O)C(F)(F)F. The van der Waals surface area contributed by atoms with Crippen LogP contribution < -0.4 is 11.1 Å². The van der Waals surface area contributed by atoms with Crippen molar-refractivity contribution in [2.24, 2.45) is 5.73 Å². The Balaban J connectivity index is 1.89. The number of hydrogen-bond donors (Lipinski definition) is 3. The summed E-state index contributed by atoms with van der Waals surface area (Å²) in [6, 6.07) is 3.87. The van der Waals surface area contributed by atoms with E-state index in [0.717, 1.165) is 4.88 Å². The number of anilines is 1. The lowest BCUT2D eigenvalue weighted by atomic mass is 10.1. The molecule has 0 spiro atoms. The van der Waals surface area contributed by atoms with E-state index in [1.165, 1.54) is 0 Å². The number of aliphatic hydroxyl groups excluding tert-OH is 1. The van der Waals surface area contributed by atoms with Gasteiger partial charge in [-0.25, -0.2) is 4.98 Å². The minimum atomic E-state index is -4.81. The summed E-state index contributed by atoms with van der Waals surface area (Å²) in [5.41, 5.74) is 6.76. The van der Waals surface area contributed by atoms with Crippen molar-refractivity contribution in [2.75, 3.05) is 5.32 Å². The molecule has 0 radical (unpaired) electrons. The number of nitrogens with two attached hydrogens (primary N) is 1. The number of furan rings is 1. The molecule has 27 heavy (non-hydrogen) atoms. The molecule has 146 valence electrons. The van der Waals surface area contributed by atoms with E-state index in [2.05, 4.69) is 26.2 Å². The highest BCUT2D eigenvalue weighted by molar-refractivity contribution is 9.10. The van der Waals surface area contributed by atoms with Gasteiger partial charge in [0.05, 0.1) is 10.2 Å². The van der Waals surface area contributed by atoms with Crippen molar-refractivity contribution >= 4 is 55.7 Å². The zero-order valence-electron chi connectivity index (χ0n) is 13.6. The van der Waals surface area contributed by atoms with Crippen molar-refractivity contribution in [3.8, 4) is 0 Å². The van der Waals surface area contributed by atoms with E-state index < -0.39 is 18.3 Å². The van der Waals surface area contributed by atoms with E-state index in [-0.39, 0.29) is 17.3 Å². The van der Waals surface area contributed by atoms with E-state index in [0.29, 0.717) is 27.8 Å². The molecule has 0 aliphatic carbocycles. The molecule has 3 aromatic rings. The van der Waals surface area contributed by atoms with E-state index >= 15 is 0 Å². The second-order valence-corrected chi connectivity index (χ2v) is 8.01. The van der Waals surface area contributed by atoms with E-state index in [1.54, 1.807) is 17.4 Å². The van der Waals surface area contributed by atoms with Crippen LogP contribution in [0.1, 0.15) is 10.6 Å². The quantitative estimate of drug-likeness (QED) is 0.441. The predicted octanol–water partition coefficient (Wildman–Crippen LogP) is 4.71. The van der Waals surface area contributed by atoms with Gasteiger partial charge >= 0.3 is 6.18 Å². The highest BCUT2D eigenvalue weighted by Gasteiger charge is 2.42. The molecule has 0 bridgehead atoms. The van der Waals surface area contributed by atoms with Crippen LogP contribution in [0, 0.1) is 0 Å². The van der Waals surface area contributed by atoms with Crippen LogP contribution in [0.5, 0.6) is 0 Å². The number of pyridine rings is 1. The lowest BCUT2D eigenvalue weighted by molar-refractivity contribution is -0.209. The van der Waals surface area contributed by atoms with E-state index in [4.69, 9.17) is 21.8 Å². The average molecular weight is 485 g/mol. The molecule has 3 rings (SSSR count). The lowest BCUT2D eigenvalue weighted by Gasteiger charge is -2.20. The fourth-order valence-electron chi connectivity index (χ4n) is 2.48. The van der Waals surface area contributed by atoms with Crippen LogP contribution in [0.15, 0.2) is 32.5 Å². The maximum Gasteiger partial charge on any atom is 0.415 e. The van der Waals surface area contributed by atoms with Crippen molar-refractivity contribution < 1.29 is 22.7 Å². The molecule has 0 saturated heterocycles. The summed E-state index contributed by atoms with van der Waals surface area (Å²) in [4.78, 5) is 5.25. The van der Waals surface area contributed by atoms with Crippen molar-refractivity contribution in [1.82, 2.24) is 4.98 Å². The van der Waals surface area contributed by atoms with Crippen molar-refractivity contribution in [1.29, 1.82) is 0 Å². The third-order valence-electron chi connectivity index (χ3n) is 3.81. The zero-order chi connectivity index (χ0) is 19.8. The summed E-state index contributed by atoms with van der Waals surface area (Å²) < 4.78 is 44.0. The summed E-state index contributed by atoms with van der Waals surface area (Å²) in [7, 11) is 0. The van der Waals surface area contributed by atoms with Gasteiger partial charge in [-0.05, 0) is 27.4 Å². The fraction of sp³-hybridized carbons (Fsp3) is 0.312. The maximum absolute atomic E-state index is 12.6. The highest BCUT2D eigenvalue weighted by Crippen LogP contribution is 2.37. The Hall–Kier alpha value is -1.33. The number of thiophene rings is 1. The van der Waals surface area contributed by atoms with Gasteiger partial charge in [0.1, 0.15) is 16.4 Å². The van der Waals surface area contributed by atoms with Gasteiger partial charge in [0.15, 0.2) is 11.7 Å². The zero-order valence-corrected chi connectivity index (χ0v) is 16.7. The van der Waals surface area contributed by atoms with Gasteiger partial charge in [0.2, 0.25) is 0 Å². The molecular formula is C16H14BrClF3N3O2S. The predicted molar refractivity (Wildman–Crippen MR) is 102 cm³/mol. The molecule has 3 aromatic heterocycles. The summed E-state index contributed by atoms with van der Waals surface area (Å²) in [5, 5.41) is 14.6. The summed E-state index contributed by atoms with van der Waals surface area (Å²) in [6.45, 7) is 0.521. The first-order valence-electron chi connectivity index (χ1n) is 7.71. The Bertz CT molecular complexity index is 933. The molecule has 0 aliphatic heterocycles. The number of alkyl halides is 3. The van der Waals surface area contributed by atoms with E-state index in [9.17, 15) is 18.3 Å². The Morgan fingerprint density at radius 1 is 1.44 bits per heavy atom. The van der Waals surface area contributed by atoms with Gasteiger partial charge in [-0.15, -0.1) is 11.3 Å². The van der Waals surface area contributed by atoms with Crippen molar-refractivity contribution in [3.63, 3.8) is 0 Å². The smallest absolute Gasteiger partial charge is 0.415 e. The first-order chi connectivity index (χ1) is 12.7. The Labute approximate surface area is 169 Å². The van der Waals surface area contributed by atoms with Crippen LogP contribution >= 0.6 is 38.9 Å². The molecule has 0 saturated carbocycles. The Morgan fingerprint density at radius 2 is 2.19 bits per heavy atom. The monoisotopic (exact) mass is 483 g/mol. The Morgan fingerprint density at radius 3 is 2.81 bits per heavy atom. The molecular weight excluding hydrogens is 471 g/mol. The first kappa shape index (κ1) is 20.4. The molecule has 11 heteroatoms. The lowest BCUT2D eigenvalue weighted by Crippen LogP contribution is -2.46. The second-order valence-electron chi connectivity index (χ2n) is 5.80. The minimum absolute atomic E-state index is 0.148. The maximum atomic E-state index is 12.6. The summed E-state index contributed by atoms with van der Waals surface area (Å²) in [6.07, 6.45) is -7.81. The molecule has 4 N–H and O–H groups in total. The number of nitrogens with one attached hydrogen (secondary N) is 1. The van der Waals surface area contributed by atoms with Crippen LogP contribution in [0.4, 0.5) is 18.9 Å². The van der Waals surface area contributed by atoms with Crippen LogP contribution in [0.25, 0.3) is 11.1 Å². The molecule has 0 amide bonds. The molecule has 2 atom stereocenters. The number of aromatic nitrogens is 1. The number of aliphatic hydroxyl groups is 1. The third-order valence-corrected chi connectivity index (χ3v) is 5.70. The van der Waals surface area contributed by atoms with Crippen molar-refractivity contribution in [3.05, 3.63) is 43.8 Å². The van der Waals surface area contributed by atoms with Gasteiger partial charge in [-0.3, -0.25) is 0 Å². The summed E-state index contributed by atoms with van der Waals surface area (Å²) >= 11 is 10.9. The van der Waals surface area contributed by atoms with Gasteiger partial charge in [0, 0.05) is 30.0 Å². The van der Waals surface area contributed by atoms with Crippen LogP contribution in [0.3, 0.4) is 0 Å². The number of nitrogens with zero attached hydrogens (tertiary/aromatic N) is 1. The minimum Gasteiger partial charge on any atom is -0.456 e. The van der Waals surface area contributed by atoms with Gasteiger partial charge < -0.3 is 20.6 Å². The highest BCUT2D eigenvalue weighted by atomic mass is 79.9. The average Bonchev–Trinajstić information content (AvgIpc) is 3.21. The van der Waals surface area contributed by atoms with Crippen LogP contribution in [-0.2, 0) is 13.0 Å². The number of hydrogen-bond acceptors (Lipinski definition) is 6. The number of fused-ring (bicyclic) bond motifs is 1. The van der Waals surface area contributed by atoms with Gasteiger partial charge in [-0.1, -0.05) is 17.7 Å². The molecule has 3 heterocycles. The molecule has 5 nitrogen and oxygen atoms in total. The third kappa shape index (κ3) is 4.57. The largest absolute Gasteiger partial charge is 0.456 e. The Kier molecular flexibility index (Phi) is 6.02. The number of halogens is 5.